The molecule has 6 rings (SSSR count). The molecule has 0 unspecified atom stereocenters. The minimum Gasteiger partial charge on any atom is -0.373 e. The Morgan fingerprint density at radius 1 is 0.971 bits per heavy atom. The summed E-state index contributed by atoms with van der Waals surface area (Å²) in [5, 5.41) is 6.12. The number of Topliss-reactive ketones (excluding diaryl/α,β-unsaturated/α-hetero) is 1. The second kappa shape index (κ2) is 7.67. The fourth-order valence-corrected chi connectivity index (χ4v) is 6.14. The molecule has 4 heteroatoms. The highest BCUT2D eigenvalue weighted by atomic mass is 19.1. The molecule has 176 valence electrons. The number of carbonyl (C=O) groups is 1. The number of aromatic nitrogens is 1. The van der Waals surface area contributed by atoms with Crippen LogP contribution in [0.3, 0.4) is 0 Å². The molecule has 3 aromatic carbocycles. The molecule has 1 atom stereocenters. The molecule has 2 heterocycles. The average molecular weight is 465 g/mol. The van der Waals surface area contributed by atoms with Crippen molar-refractivity contribution in [2.24, 2.45) is 5.41 Å². The monoisotopic (exact) mass is 464 g/mol. The number of anilines is 1. The van der Waals surface area contributed by atoms with Gasteiger partial charge in [-0.3, -0.25) is 4.79 Å². The summed E-state index contributed by atoms with van der Waals surface area (Å²) in [6.07, 6.45) is 1.41. The molecule has 2 aliphatic rings. The van der Waals surface area contributed by atoms with Gasteiger partial charge in [-0.2, -0.15) is 0 Å². The lowest BCUT2D eigenvalue weighted by molar-refractivity contribution is -0.118. The van der Waals surface area contributed by atoms with Gasteiger partial charge in [0, 0.05) is 45.9 Å². The molecule has 0 saturated carbocycles. The van der Waals surface area contributed by atoms with E-state index in [1.807, 2.05) is 0 Å². The Balaban J connectivity index is 1.58. The lowest BCUT2D eigenvalue weighted by Crippen LogP contribution is -2.33. The lowest BCUT2D eigenvalue weighted by atomic mass is 9.68. The number of ketones is 1. The highest BCUT2D eigenvalue weighted by molar-refractivity contribution is 6.12. The number of rotatable bonds is 2. The highest BCUT2D eigenvalue weighted by Gasteiger charge is 2.41. The predicted octanol–water partition coefficient (Wildman–Crippen LogP) is 7.70. The van der Waals surface area contributed by atoms with Gasteiger partial charge in [0.2, 0.25) is 0 Å². The maximum absolute atomic E-state index is 13.7. The summed E-state index contributed by atoms with van der Waals surface area (Å²) < 4.78 is 15.7. The second-order valence-electron chi connectivity index (χ2n) is 10.8. The molecule has 1 aliphatic heterocycles. The molecule has 1 N–H and O–H groups in total. The van der Waals surface area contributed by atoms with Crippen molar-refractivity contribution >= 4 is 27.8 Å². The summed E-state index contributed by atoms with van der Waals surface area (Å²) in [7, 11) is 0. The molecular weight excluding hydrogens is 435 g/mol. The van der Waals surface area contributed by atoms with Crippen LogP contribution in [0.4, 0.5) is 10.1 Å². The molecule has 1 aliphatic carbocycles. The van der Waals surface area contributed by atoms with Crippen molar-refractivity contribution in [3.63, 3.8) is 0 Å². The first-order chi connectivity index (χ1) is 16.7. The Morgan fingerprint density at radius 3 is 2.49 bits per heavy atom. The molecule has 0 radical (unpaired) electrons. The molecule has 4 aromatic rings. The number of aryl methyl sites for hydroxylation is 1. The Labute approximate surface area is 205 Å². The van der Waals surface area contributed by atoms with Gasteiger partial charge in [0.05, 0.1) is 6.04 Å². The molecule has 35 heavy (non-hydrogen) atoms. The first-order valence-electron chi connectivity index (χ1n) is 12.2. The molecule has 1 aromatic heterocycles. The molecule has 0 bridgehead atoms. The van der Waals surface area contributed by atoms with E-state index in [9.17, 15) is 9.18 Å². The van der Waals surface area contributed by atoms with Crippen LogP contribution in [-0.4, -0.2) is 10.4 Å². The Hall–Kier alpha value is -3.66. The van der Waals surface area contributed by atoms with Crippen molar-refractivity contribution in [1.82, 2.24) is 4.57 Å². The standard InChI is InChI=1S/C31H29FN2O/c1-18-15-24(19(2)34(18)22-12-10-21(32)11-13-22)30-29-25(16-31(3,4)17-27(29)35)28-23-8-6-5-7-20(23)9-14-26(28)33-30/h5-15,30,33H,16-17H2,1-4H3/t30-/m0/s1. The van der Waals surface area contributed by atoms with Crippen LogP contribution in [0.2, 0.25) is 0 Å². The van der Waals surface area contributed by atoms with E-state index in [2.05, 4.69) is 80.0 Å². The summed E-state index contributed by atoms with van der Waals surface area (Å²) in [6.45, 7) is 8.53. The van der Waals surface area contributed by atoms with Gasteiger partial charge >= 0.3 is 0 Å². The fraction of sp³-hybridized carbons (Fsp3) is 0.258. The number of nitrogens with one attached hydrogen (secondary N) is 1. The Kier molecular flexibility index (Phi) is 4.79. The fourth-order valence-electron chi connectivity index (χ4n) is 6.14. The van der Waals surface area contributed by atoms with Crippen LogP contribution in [0.25, 0.3) is 22.0 Å². The Bertz CT molecular complexity index is 1540. The largest absolute Gasteiger partial charge is 0.373 e. The van der Waals surface area contributed by atoms with Crippen LogP contribution in [0.15, 0.2) is 72.3 Å². The third-order valence-electron chi connectivity index (χ3n) is 7.61. The van der Waals surface area contributed by atoms with Gasteiger partial charge in [-0.1, -0.05) is 44.2 Å². The van der Waals surface area contributed by atoms with Gasteiger partial charge in [-0.05, 0) is 78.4 Å². The van der Waals surface area contributed by atoms with Crippen LogP contribution in [0.1, 0.15) is 55.2 Å². The van der Waals surface area contributed by atoms with Gasteiger partial charge in [-0.15, -0.1) is 0 Å². The van der Waals surface area contributed by atoms with Crippen LogP contribution in [0, 0.1) is 25.1 Å². The Morgan fingerprint density at radius 2 is 1.71 bits per heavy atom. The van der Waals surface area contributed by atoms with Crippen molar-refractivity contribution in [3.05, 3.63) is 101 Å². The average Bonchev–Trinajstić information content (AvgIpc) is 3.11. The maximum atomic E-state index is 13.7. The number of fused-ring (bicyclic) bond motifs is 4. The van der Waals surface area contributed by atoms with Crippen LogP contribution >= 0.6 is 0 Å². The van der Waals surface area contributed by atoms with Crippen LogP contribution < -0.4 is 5.32 Å². The van der Waals surface area contributed by atoms with Crippen molar-refractivity contribution in [3.8, 4) is 5.69 Å². The summed E-state index contributed by atoms with van der Waals surface area (Å²) in [6, 6.07) is 21.2. The zero-order chi connectivity index (χ0) is 24.5. The van der Waals surface area contributed by atoms with E-state index >= 15 is 0 Å². The van der Waals surface area contributed by atoms with Crippen molar-refractivity contribution in [2.45, 2.75) is 46.6 Å². The predicted molar refractivity (Wildman–Crippen MR) is 140 cm³/mol. The van der Waals surface area contributed by atoms with Crippen LogP contribution in [0.5, 0.6) is 0 Å². The minimum absolute atomic E-state index is 0.0863. The summed E-state index contributed by atoms with van der Waals surface area (Å²) in [5.41, 5.74) is 8.35. The van der Waals surface area contributed by atoms with E-state index in [1.54, 1.807) is 12.1 Å². The summed E-state index contributed by atoms with van der Waals surface area (Å²) in [5.74, 6) is -0.0293. The SMILES string of the molecule is Cc1cc([C@@H]2Nc3ccc4ccccc4c3C3=C2C(=O)CC(C)(C)C3)c(C)n1-c1ccc(F)cc1. The third-order valence-corrected chi connectivity index (χ3v) is 7.61. The van der Waals surface area contributed by atoms with E-state index in [0.29, 0.717) is 6.42 Å². The zero-order valence-electron chi connectivity index (χ0n) is 20.6. The number of benzene rings is 3. The van der Waals surface area contributed by atoms with Gasteiger partial charge in [0.25, 0.3) is 0 Å². The van der Waals surface area contributed by atoms with E-state index in [1.165, 1.54) is 34.0 Å². The smallest absolute Gasteiger partial charge is 0.162 e. The second-order valence-corrected chi connectivity index (χ2v) is 10.8. The highest BCUT2D eigenvalue weighted by Crippen LogP contribution is 2.52. The molecular formula is C31H29FN2O. The first-order valence-corrected chi connectivity index (χ1v) is 12.2. The molecule has 0 fully saturated rings. The van der Waals surface area contributed by atoms with Crippen LogP contribution in [-0.2, 0) is 4.79 Å². The topological polar surface area (TPSA) is 34.0 Å². The summed E-state index contributed by atoms with van der Waals surface area (Å²) >= 11 is 0. The van der Waals surface area contributed by atoms with Crippen molar-refractivity contribution < 1.29 is 9.18 Å². The number of halogens is 1. The molecule has 0 amide bonds. The number of hydrogen-bond acceptors (Lipinski definition) is 2. The molecule has 3 nitrogen and oxygen atoms in total. The van der Waals surface area contributed by atoms with Crippen molar-refractivity contribution in [1.29, 1.82) is 0 Å². The quantitative estimate of drug-likeness (QED) is 0.330. The van der Waals surface area contributed by atoms with E-state index in [-0.39, 0.29) is 23.1 Å². The third kappa shape index (κ3) is 3.43. The molecule has 0 saturated heterocycles. The van der Waals surface area contributed by atoms with Gasteiger partial charge in [0.15, 0.2) is 5.78 Å². The number of carbonyl (C=O) groups excluding carboxylic acids is 1. The van der Waals surface area contributed by atoms with E-state index in [0.717, 1.165) is 40.3 Å². The van der Waals surface area contributed by atoms with E-state index in [4.69, 9.17) is 0 Å². The van der Waals surface area contributed by atoms with Gasteiger partial charge in [-0.25, -0.2) is 4.39 Å². The zero-order valence-corrected chi connectivity index (χ0v) is 20.6. The minimum atomic E-state index is -0.251. The lowest BCUT2D eigenvalue weighted by Gasteiger charge is -2.40. The van der Waals surface area contributed by atoms with Gasteiger partial charge in [0.1, 0.15) is 5.82 Å². The molecule has 0 spiro atoms. The maximum Gasteiger partial charge on any atom is 0.162 e. The van der Waals surface area contributed by atoms with E-state index < -0.39 is 0 Å². The van der Waals surface area contributed by atoms with Gasteiger partial charge < -0.3 is 9.88 Å². The number of allylic oxidation sites excluding steroid dienone is 1. The first kappa shape index (κ1) is 21.8. The summed E-state index contributed by atoms with van der Waals surface area (Å²) in [4.78, 5) is 13.7. The number of hydrogen-bond donors (Lipinski definition) is 1. The van der Waals surface area contributed by atoms with Crippen molar-refractivity contribution in [2.75, 3.05) is 5.32 Å². The number of nitrogens with zero attached hydrogens (tertiary/aromatic N) is 1. The normalized spacial score (nSPS) is 18.9.